The topological polar surface area (TPSA) is 41.5 Å². The third-order valence-electron chi connectivity index (χ3n) is 2.29. The molecule has 15 heavy (non-hydrogen) atoms. The number of hydrogen-bond donors (Lipinski definition) is 2. The highest BCUT2D eigenvalue weighted by Crippen LogP contribution is 2.07. The summed E-state index contributed by atoms with van der Waals surface area (Å²) in [7, 11) is 0. The lowest BCUT2D eigenvalue weighted by atomic mass is 10.1. The Morgan fingerprint density at radius 3 is 2.40 bits per heavy atom. The molecule has 0 aromatic carbocycles. The van der Waals surface area contributed by atoms with Gasteiger partial charge in [0.1, 0.15) is 0 Å². The van der Waals surface area contributed by atoms with Crippen LogP contribution in [0.15, 0.2) is 0 Å². The second-order valence-corrected chi connectivity index (χ2v) is 4.61. The molecule has 0 saturated heterocycles. The number of aliphatic hydroxyl groups excluding tert-OH is 1. The van der Waals surface area contributed by atoms with E-state index in [0.717, 1.165) is 19.4 Å². The molecule has 0 spiro atoms. The molecule has 0 heterocycles. The van der Waals surface area contributed by atoms with E-state index in [1.165, 1.54) is 0 Å². The minimum absolute atomic E-state index is 0.0829. The Bertz CT molecular complexity index is 140. The first kappa shape index (κ1) is 14.9. The quantitative estimate of drug-likeness (QED) is 0.619. The zero-order valence-corrected chi connectivity index (χ0v) is 10.6. The van der Waals surface area contributed by atoms with Gasteiger partial charge in [-0.1, -0.05) is 20.8 Å². The van der Waals surface area contributed by atoms with Crippen LogP contribution < -0.4 is 5.32 Å². The van der Waals surface area contributed by atoms with Crippen molar-refractivity contribution in [1.29, 1.82) is 0 Å². The lowest BCUT2D eigenvalue weighted by Gasteiger charge is -2.20. The molecule has 0 fully saturated rings. The molecule has 3 nitrogen and oxygen atoms in total. The smallest absolute Gasteiger partial charge is 0.0645 e. The third kappa shape index (κ3) is 8.85. The van der Waals surface area contributed by atoms with Gasteiger partial charge in [-0.3, -0.25) is 0 Å². The molecule has 0 amide bonds. The molecular weight excluding hydrogens is 190 g/mol. The van der Waals surface area contributed by atoms with Gasteiger partial charge in [-0.25, -0.2) is 0 Å². The summed E-state index contributed by atoms with van der Waals surface area (Å²) >= 11 is 0. The van der Waals surface area contributed by atoms with E-state index in [4.69, 9.17) is 9.84 Å². The van der Waals surface area contributed by atoms with Gasteiger partial charge in [-0.05, 0) is 32.2 Å². The summed E-state index contributed by atoms with van der Waals surface area (Å²) in [5, 5.41) is 12.4. The molecule has 0 bridgehead atoms. The third-order valence-corrected chi connectivity index (χ3v) is 2.29. The first-order valence-electron chi connectivity index (χ1n) is 6.05. The van der Waals surface area contributed by atoms with Crippen LogP contribution in [-0.4, -0.2) is 37.0 Å². The van der Waals surface area contributed by atoms with Crippen LogP contribution in [0.1, 0.15) is 40.5 Å². The van der Waals surface area contributed by atoms with Crippen LogP contribution >= 0.6 is 0 Å². The highest BCUT2D eigenvalue weighted by atomic mass is 16.5. The Hall–Kier alpha value is -0.120. The summed E-state index contributed by atoms with van der Waals surface area (Å²) in [5.41, 5.74) is 0. The fourth-order valence-corrected chi connectivity index (χ4v) is 1.54. The number of rotatable bonds is 9. The van der Waals surface area contributed by atoms with Crippen LogP contribution in [0.25, 0.3) is 0 Å². The highest BCUT2D eigenvalue weighted by Gasteiger charge is 2.10. The highest BCUT2D eigenvalue weighted by molar-refractivity contribution is 4.65. The number of aliphatic hydroxyl groups is 1. The second-order valence-electron chi connectivity index (χ2n) is 4.61. The molecule has 0 aliphatic rings. The van der Waals surface area contributed by atoms with Crippen LogP contribution in [0.3, 0.4) is 0 Å². The van der Waals surface area contributed by atoms with Crippen LogP contribution in [0.5, 0.6) is 0 Å². The average molecular weight is 217 g/mol. The van der Waals surface area contributed by atoms with E-state index in [1.54, 1.807) is 0 Å². The van der Waals surface area contributed by atoms with Crippen molar-refractivity contribution in [2.45, 2.75) is 52.7 Å². The maximum atomic E-state index is 9.10. The fourth-order valence-electron chi connectivity index (χ4n) is 1.54. The molecule has 2 atom stereocenters. The van der Waals surface area contributed by atoms with E-state index in [-0.39, 0.29) is 18.8 Å². The zero-order valence-electron chi connectivity index (χ0n) is 10.6. The molecule has 2 unspecified atom stereocenters. The molecule has 0 rings (SSSR count). The summed E-state index contributed by atoms with van der Waals surface area (Å²) in [6, 6.07) is 0.0829. The van der Waals surface area contributed by atoms with Gasteiger partial charge in [0, 0.05) is 0 Å². The normalized spacial score (nSPS) is 15.6. The number of hydrogen-bond acceptors (Lipinski definition) is 3. The molecule has 92 valence electrons. The first-order chi connectivity index (χ1) is 7.10. The van der Waals surface area contributed by atoms with Crippen molar-refractivity contribution in [1.82, 2.24) is 5.32 Å². The van der Waals surface area contributed by atoms with Crippen molar-refractivity contribution in [3.63, 3.8) is 0 Å². The minimum Gasteiger partial charge on any atom is -0.395 e. The number of nitrogens with one attached hydrogen (secondary N) is 1. The molecule has 0 aliphatic carbocycles. The van der Waals surface area contributed by atoms with E-state index >= 15 is 0 Å². The Morgan fingerprint density at radius 1 is 1.27 bits per heavy atom. The maximum absolute atomic E-state index is 9.10. The van der Waals surface area contributed by atoms with Crippen LogP contribution in [-0.2, 0) is 4.74 Å². The van der Waals surface area contributed by atoms with Gasteiger partial charge in [0.15, 0.2) is 0 Å². The van der Waals surface area contributed by atoms with Crippen molar-refractivity contribution >= 4 is 0 Å². The van der Waals surface area contributed by atoms with Crippen LogP contribution in [0.4, 0.5) is 0 Å². The van der Waals surface area contributed by atoms with Crippen molar-refractivity contribution in [3.05, 3.63) is 0 Å². The van der Waals surface area contributed by atoms with Gasteiger partial charge < -0.3 is 15.2 Å². The SMILES string of the molecule is CCCNC(CO)COC(C)CC(C)C. The monoisotopic (exact) mass is 217 g/mol. The second kappa shape index (κ2) is 9.13. The summed E-state index contributed by atoms with van der Waals surface area (Å²) in [5.74, 6) is 0.663. The predicted octanol–water partition coefficient (Wildman–Crippen LogP) is 1.80. The van der Waals surface area contributed by atoms with Gasteiger partial charge in [-0.2, -0.15) is 0 Å². The van der Waals surface area contributed by atoms with Gasteiger partial charge in [-0.15, -0.1) is 0 Å². The summed E-state index contributed by atoms with van der Waals surface area (Å²) in [6.07, 6.45) is 2.44. The van der Waals surface area contributed by atoms with Gasteiger partial charge in [0.2, 0.25) is 0 Å². The summed E-state index contributed by atoms with van der Waals surface area (Å²) in [4.78, 5) is 0. The van der Waals surface area contributed by atoms with Crippen LogP contribution in [0, 0.1) is 5.92 Å². The van der Waals surface area contributed by atoms with E-state index in [1.807, 2.05) is 0 Å². The Balaban J connectivity index is 3.60. The molecule has 0 aromatic heterocycles. The average Bonchev–Trinajstić information content (AvgIpc) is 2.17. The Kier molecular flexibility index (Phi) is 9.06. The standard InChI is InChI=1S/C12H27NO2/c1-5-6-13-12(8-14)9-15-11(4)7-10(2)3/h10-14H,5-9H2,1-4H3. The van der Waals surface area contributed by atoms with Crippen molar-refractivity contribution in [2.24, 2.45) is 5.92 Å². The van der Waals surface area contributed by atoms with E-state index in [9.17, 15) is 0 Å². The summed E-state index contributed by atoms with van der Waals surface area (Å²) in [6.45, 7) is 10.3. The lowest BCUT2D eigenvalue weighted by molar-refractivity contribution is 0.0266. The van der Waals surface area contributed by atoms with E-state index in [0.29, 0.717) is 12.5 Å². The predicted molar refractivity (Wildman–Crippen MR) is 64.0 cm³/mol. The largest absolute Gasteiger partial charge is 0.395 e. The minimum atomic E-state index is 0.0829. The lowest BCUT2D eigenvalue weighted by Crippen LogP contribution is -2.38. The molecule has 0 saturated carbocycles. The fraction of sp³-hybridized carbons (Fsp3) is 1.00. The zero-order chi connectivity index (χ0) is 11.7. The molecule has 0 aliphatic heterocycles. The van der Waals surface area contributed by atoms with Crippen molar-refractivity contribution < 1.29 is 9.84 Å². The van der Waals surface area contributed by atoms with E-state index in [2.05, 4.69) is 33.0 Å². The molecule has 0 radical (unpaired) electrons. The van der Waals surface area contributed by atoms with Crippen LogP contribution in [0.2, 0.25) is 0 Å². The maximum Gasteiger partial charge on any atom is 0.0645 e. The first-order valence-corrected chi connectivity index (χ1v) is 6.05. The van der Waals surface area contributed by atoms with E-state index < -0.39 is 0 Å². The summed E-state index contributed by atoms with van der Waals surface area (Å²) < 4.78 is 5.68. The van der Waals surface area contributed by atoms with Gasteiger partial charge >= 0.3 is 0 Å². The molecule has 2 N–H and O–H groups in total. The molecule has 0 aromatic rings. The van der Waals surface area contributed by atoms with Gasteiger partial charge in [0.25, 0.3) is 0 Å². The number of ether oxygens (including phenoxy) is 1. The molecule has 3 heteroatoms. The Labute approximate surface area is 94.2 Å². The Morgan fingerprint density at radius 2 is 1.93 bits per heavy atom. The van der Waals surface area contributed by atoms with Crippen molar-refractivity contribution in [2.75, 3.05) is 19.8 Å². The molecular formula is C12H27NO2. The van der Waals surface area contributed by atoms with Crippen molar-refractivity contribution in [3.8, 4) is 0 Å². The van der Waals surface area contributed by atoms with Gasteiger partial charge in [0.05, 0.1) is 25.4 Å².